The van der Waals surface area contributed by atoms with Crippen LogP contribution >= 0.6 is 10.3 Å². The Morgan fingerprint density at radius 3 is 2.10 bits per heavy atom. The third-order valence-corrected chi connectivity index (χ3v) is 6.25. The molecule has 0 atom stereocenters. The summed E-state index contributed by atoms with van der Waals surface area (Å²) in [4.78, 5) is 12.0. The summed E-state index contributed by atoms with van der Waals surface area (Å²) in [6, 6.07) is 6.41. The third-order valence-electron chi connectivity index (χ3n) is 2.41. The molecule has 0 saturated carbocycles. The molecule has 6 nitrogen and oxygen atoms in total. The smallest absolute Gasteiger partial charge is 0.409 e. The van der Waals surface area contributed by atoms with Crippen LogP contribution < -0.4 is 4.74 Å². The molecule has 0 aromatic heterocycles. The molecule has 1 aromatic carbocycles. The summed E-state index contributed by atoms with van der Waals surface area (Å²) in [5.74, 6) is -0.177. The number of ether oxygens (including phenoxy) is 1. The van der Waals surface area contributed by atoms with Gasteiger partial charge in [-0.25, -0.2) is 4.79 Å². The molecule has 0 heterocycles. The van der Waals surface area contributed by atoms with Crippen LogP contribution in [0.25, 0.3) is 0 Å². The normalized spacial score (nSPS) is 12.8. The molecule has 21 heavy (non-hydrogen) atoms. The van der Waals surface area contributed by atoms with Crippen LogP contribution in [0.5, 0.6) is 5.75 Å². The molecule has 0 N–H and O–H groups in total. The monoisotopic (exact) mass is 334 g/mol. The maximum absolute atomic E-state index is 11.4. The van der Waals surface area contributed by atoms with Crippen molar-refractivity contribution < 1.29 is 25.8 Å². The van der Waals surface area contributed by atoms with Crippen molar-refractivity contribution in [2.24, 2.45) is 0 Å². The van der Waals surface area contributed by atoms with E-state index in [9.17, 15) is 13.2 Å². The largest absolute Gasteiger partial charge is 0.423 e. The second-order valence-electron chi connectivity index (χ2n) is 4.52. The van der Waals surface area contributed by atoms with E-state index in [2.05, 4.69) is 10.8 Å². The summed E-state index contributed by atoms with van der Waals surface area (Å²) in [6.45, 7) is 5.04. The van der Waals surface area contributed by atoms with Gasteiger partial charge in [0.25, 0.3) is 0 Å². The van der Waals surface area contributed by atoms with E-state index in [-0.39, 0.29) is 0 Å². The highest BCUT2D eigenvalue weighted by Gasteiger charge is 2.24. The number of rotatable bonds is 6. The third kappa shape index (κ3) is 5.16. The van der Waals surface area contributed by atoms with Gasteiger partial charge >= 0.3 is 16.4 Å². The molecule has 0 aliphatic heterocycles. The van der Waals surface area contributed by atoms with Crippen LogP contribution in [0.15, 0.2) is 41.3 Å². The van der Waals surface area contributed by atoms with Gasteiger partial charge in [0, 0.05) is 10.5 Å². The Balaban J connectivity index is 2.91. The molecule has 0 saturated heterocycles. The molecule has 0 fully saturated rings. The van der Waals surface area contributed by atoms with Gasteiger partial charge in [-0.15, -0.1) is 0 Å². The van der Waals surface area contributed by atoms with E-state index in [0.717, 1.165) is 7.11 Å². The van der Waals surface area contributed by atoms with Gasteiger partial charge in [-0.1, -0.05) is 16.9 Å². The quantitative estimate of drug-likeness (QED) is 0.451. The molecule has 0 aliphatic rings. The lowest BCUT2D eigenvalue weighted by atomic mass is 10.3. The van der Waals surface area contributed by atoms with Crippen LogP contribution in [0, 0.1) is 0 Å². The number of carbonyl (C=O) groups is 1. The second-order valence-corrected chi connectivity index (χ2v) is 9.15. The Labute approximate surface area is 126 Å². The number of hydrogen-bond acceptors (Lipinski definition) is 6. The lowest BCUT2D eigenvalue weighted by molar-refractivity contribution is -0.130. The van der Waals surface area contributed by atoms with E-state index in [1.165, 1.54) is 0 Å². The van der Waals surface area contributed by atoms with Crippen LogP contribution in [-0.4, -0.2) is 34.0 Å². The maximum atomic E-state index is 11.4. The molecule has 0 radical (unpaired) electrons. The minimum atomic E-state index is -4.03. The highest BCUT2D eigenvalue weighted by Crippen LogP contribution is 2.51. The predicted octanol–water partition coefficient (Wildman–Crippen LogP) is 2.41. The van der Waals surface area contributed by atoms with Gasteiger partial charge in [0.15, 0.2) is 0 Å². The summed E-state index contributed by atoms with van der Waals surface area (Å²) in [5, 5.41) is 0. The summed E-state index contributed by atoms with van der Waals surface area (Å²) < 4.78 is 37.1. The van der Waals surface area contributed by atoms with Crippen molar-refractivity contribution in [3.63, 3.8) is 0 Å². The van der Waals surface area contributed by atoms with Crippen LogP contribution in [-0.2, 0) is 23.0 Å². The molecule has 0 spiro atoms. The van der Waals surface area contributed by atoms with Crippen molar-refractivity contribution in [3.8, 4) is 5.75 Å². The van der Waals surface area contributed by atoms with E-state index < -0.39 is 26.7 Å². The van der Waals surface area contributed by atoms with Crippen molar-refractivity contribution in [2.75, 3.05) is 19.6 Å². The van der Waals surface area contributed by atoms with Gasteiger partial charge < -0.3 is 4.74 Å². The zero-order valence-corrected chi connectivity index (χ0v) is 13.9. The Kier molecular flexibility index (Phi) is 5.57. The van der Waals surface area contributed by atoms with Gasteiger partial charge in [0.05, 0.1) is 7.11 Å². The van der Waals surface area contributed by atoms with Crippen molar-refractivity contribution in [1.29, 1.82) is 0 Å². The van der Waals surface area contributed by atoms with Crippen LogP contribution in [0.3, 0.4) is 0 Å². The molecular formula is C13H18O6S2. The molecule has 0 aliphatic carbocycles. The second kappa shape index (κ2) is 6.61. The highest BCUT2D eigenvalue weighted by atomic mass is 32.3. The predicted molar refractivity (Wildman–Crippen MR) is 81.6 cm³/mol. The zero-order valence-electron chi connectivity index (χ0n) is 12.3. The van der Waals surface area contributed by atoms with Gasteiger partial charge in [0.2, 0.25) is 0 Å². The average molecular weight is 334 g/mol. The van der Waals surface area contributed by atoms with E-state index in [1.54, 1.807) is 43.7 Å². The van der Waals surface area contributed by atoms with Crippen molar-refractivity contribution in [2.45, 2.75) is 11.8 Å². The SMILES string of the molecule is C=C(C)C(=O)Oc1ccc(S(C)(C)OS(=O)(=O)OC)cc1. The fourth-order valence-corrected chi connectivity index (χ4v) is 4.30. The topological polar surface area (TPSA) is 78.9 Å². The summed E-state index contributed by atoms with van der Waals surface area (Å²) >= 11 is 0. The van der Waals surface area contributed by atoms with E-state index >= 15 is 0 Å². The first kappa shape index (κ1) is 17.7. The summed E-state index contributed by atoms with van der Waals surface area (Å²) in [7, 11) is -5.06. The molecule has 0 bridgehead atoms. The van der Waals surface area contributed by atoms with E-state index in [0.29, 0.717) is 16.2 Å². The molecule has 1 aromatic rings. The molecule has 1 rings (SSSR count). The van der Waals surface area contributed by atoms with E-state index in [4.69, 9.17) is 8.37 Å². The Bertz CT molecular complexity index is 631. The van der Waals surface area contributed by atoms with Crippen molar-refractivity contribution in [3.05, 3.63) is 36.4 Å². The average Bonchev–Trinajstić information content (AvgIpc) is 2.38. The van der Waals surface area contributed by atoms with Crippen molar-refractivity contribution >= 4 is 26.7 Å². The number of benzene rings is 1. The minimum Gasteiger partial charge on any atom is -0.423 e. The van der Waals surface area contributed by atoms with Gasteiger partial charge in [0.1, 0.15) is 5.75 Å². The minimum absolute atomic E-state index is 0.291. The molecule has 0 unspecified atom stereocenters. The first-order valence-corrected chi connectivity index (χ1v) is 9.51. The first-order valence-electron chi connectivity index (χ1n) is 5.80. The number of carbonyl (C=O) groups excluding carboxylic acids is 1. The molecule has 118 valence electrons. The lowest BCUT2D eigenvalue weighted by Gasteiger charge is -2.29. The molecular weight excluding hydrogens is 316 g/mol. The Hall–Kier alpha value is -1.35. The van der Waals surface area contributed by atoms with Crippen LogP contribution in [0.4, 0.5) is 0 Å². The highest BCUT2D eigenvalue weighted by molar-refractivity contribution is 8.31. The van der Waals surface area contributed by atoms with Crippen LogP contribution in [0.2, 0.25) is 0 Å². The number of esters is 1. The summed E-state index contributed by atoms with van der Waals surface area (Å²) in [6.07, 6.45) is 3.33. The molecule has 8 heteroatoms. The Morgan fingerprint density at radius 2 is 1.67 bits per heavy atom. The van der Waals surface area contributed by atoms with Crippen molar-refractivity contribution in [1.82, 2.24) is 0 Å². The number of hydrogen-bond donors (Lipinski definition) is 0. The fourth-order valence-electron chi connectivity index (χ4n) is 1.30. The summed E-state index contributed by atoms with van der Waals surface area (Å²) in [5.41, 5.74) is 0.291. The lowest BCUT2D eigenvalue weighted by Crippen LogP contribution is -2.12. The van der Waals surface area contributed by atoms with E-state index in [1.807, 2.05) is 0 Å². The van der Waals surface area contributed by atoms with Crippen LogP contribution in [0.1, 0.15) is 6.92 Å². The Morgan fingerprint density at radius 1 is 1.14 bits per heavy atom. The molecule has 0 amide bonds. The van der Waals surface area contributed by atoms with Gasteiger partial charge in [-0.2, -0.15) is 12.0 Å². The fraction of sp³-hybridized carbons (Fsp3) is 0.308. The first-order chi connectivity index (χ1) is 9.57. The van der Waals surface area contributed by atoms with Gasteiger partial charge in [-0.05, 0) is 43.7 Å². The van der Waals surface area contributed by atoms with Gasteiger partial charge in [-0.3, -0.25) is 4.18 Å². The standard InChI is InChI=1S/C13H18O6S2/c1-10(2)13(14)18-11-6-8-12(9-7-11)20(4,5)19-21(15,16)17-3/h6-9H,1H2,2-5H3. The zero-order chi connectivity index (χ0) is 16.3. The maximum Gasteiger partial charge on any atom is 0.409 e.